The first-order valence-corrected chi connectivity index (χ1v) is 4.92. The lowest BCUT2D eigenvalue weighted by Crippen LogP contribution is -2.32. The molecule has 0 saturated carbocycles. The Bertz CT molecular complexity index is 288. The van der Waals surface area contributed by atoms with Gasteiger partial charge in [-0.05, 0) is 38.0 Å². The molecule has 3 heteroatoms. The van der Waals surface area contributed by atoms with Crippen molar-refractivity contribution >= 4 is 0 Å². The third-order valence-corrected chi connectivity index (χ3v) is 2.35. The first-order valence-electron chi connectivity index (χ1n) is 4.92. The number of hydrogen-bond acceptors (Lipinski definition) is 3. The van der Waals surface area contributed by atoms with Gasteiger partial charge in [-0.25, -0.2) is 0 Å². The van der Waals surface area contributed by atoms with Gasteiger partial charge >= 0.3 is 0 Å². The molecule has 2 unspecified atom stereocenters. The smallest absolute Gasteiger partial charge is 0.0582 e. The molecule has 14 heavy (non-hydrogen) atoms. The van der Waals surface area contributed by atoms with Gasteiger partial charge in [0.15, 0.2) is 0 Å². The molecule has 0 amide bonds. The van der Waals surface area contributed by atoms with Crippen LogP contribution in [0.2, 0.25) is 0 Å². The Kier molecular flexibility index (Phi) is 4.04. The maximum absolute atomic E-state index is 8.92. The average molecular weight is 194 g/mol. The molecule has 0 aliphatic rings. The topological polar surface area (TPSA) is 45.2 Å². The molecule has 1 rings (SSSR count). The van der Waals surface area contributed by atoms with Gasteiger partial charge in [0.2, 0.25) is 0 Å². The predicted octanol–water partition coefficient (Wildman–Crippen LogP) is 1.42. The number of nitrogens with zero attached hydrogens (tertiary/aromatic N) is 1. The fraction of sp³-hybridized carbons (Fsp3) is 0.545. The summed E-state index contributed by atoms with van der Waals surface area (Å²) in [7, 11) is 0. The van der Waals surface area contributed by atoms with Crippen LogP contribution in [0.25, 0.3) is 0 Å². The average Bonchev–Trinajstić information content (AvgIpc) is 2.18. The zero-order valence-electron chi connectivity index (χ0n) is 8.99. The second-order valence-corrected chi connectivity index (χ2v) is 3.70. The van der Waals surface area contributed by atoms with Crippen molar-refractivity contribution in [3.8, 4) is 0 Å². The van der Waals surface area contributed by atoms with Crippen LogP contribution in [0, 0.1) is 6.92 Å². The van der Waals surface area contributed by atoms with Crippen LogP contribution in [0.4, 0.5) is 0 Å². The molecule has 0 radical (unpaired) electrons. The highest BCUT2D eigenvalue weighted by Gasteiger charge is 2.10. The monoisotopic (exact) mass is 194 g/mol. The van der Waals surface area contributed by atoms with Crippen LogP contribution in [0.3, 0.4) is 0 Å². The van der Waals surface area contributed by atoms with Crippen LogP contribution in [0.5, 0.6) is 0 Å². The Balaban J connectivity index is 2.69. The second-order valence-electron chi connectivity index (χ2n) is 3.70. The molecule has 0 aromatic carbocycles. The van der Waals surface area contributed by atoms with Crippen molar-refractivity contribution < 1.29 is 5.11 Å². The van der Waals surface area contributed by atoms with Gasteiger partial charge < -0.3 is 10.4 Å². The Morgan fingerprint density at radius 3 is 2.79 bits per heavy atom. The lowest BCUT2D eigenvalue weighted by molar-refractivity contribution is 0.243. The van der Waals surface area contributed by atoms with Crippen LogP contribution in [-0.4, -0.2) is 22.7 Å². The van der Waals surface area contributed by atoms with E-state index in [9.17, 15) is 0 Å². The van der Waals surface area contributed by atoms with Gasteiger partial charge in [0.25, 0.3) is 0 Å². The van der Waals surface area contributed by atoms with E-state index in [0.717, 1.165) is 0 Å². The summed E-state index contributed by atoms with van der Waals surface area (Å²) in [4.78, 5) is 4.10. The fourth-order valence-corrected chi connectivity index (χ4v) is 1.50. The maximum atomic E-state index is 8.92. The van der Waals surface area contributed by atoms with Crippen molar-refractivity contribution in [2.24, 2.45) is 0 Å². The quantitative estimate of drug-likeness (QED) is 0.762. The van der Waals surface area contributed by atoms with Crippen LogP contribution >= 0.6 is 0 Å². The second kappa shape index (κ2) is 5.08. The summed E-state index contributed by atoms with van der Waals surface area (Å²) in [5, 5.41) is 12.2. The largest absolute Gasteiger partial charge is 0.395 e. The zero-order valence-corrected chi connectivity index (χ0v) is 8.99. The molecule has 1 heterocycles. The highest BCUT2D eigenvalue weighted by molar-refractivity contribution is 5.24. The molecule has 1 aromatic rings. The summed E-state index contributed by atoms with van der Waals surface area (Å²) in [6.07, 6.45) is 3.66. The molecule has 0 bridgehead atoms. The Hall–Kier alpha value is -0.930. The van der Waals surface area contributed by atoms with E-state index < -0.39 is 0 Å². The molecule has 0 saturated heterocycles. The predicted molar refractivity (Wildman–Crippen MR) is 57.1 cm³/mol. The minimum atomic E-state index is 0.115. The number of aliphatic hydroxyl groups excluding tert-OH is 1. The molecule has 0 fully saturated rings. The first-order chi connectivity index (χ1) is 6.65. The molecule has 78 valence electrons. The van der Waals surface area contributed by atoms with E-state index in [1.54, 1.807) is 6.20 Å². The Labute approximate surface area is 85.2 Å². The standard InChI is InChI=1S/C11H18N2O/c1-8-4-5-12-6-11(8)10(3)13-9(2)7-14/h4-6,9-10,13-14H,7H2,1-3H3. The van der Waals surface area contributed by atoms with Crippen molar-refractivity contribution in [3.05, 3.63) is 29.6 Å². The molecule has 2 N–H and O–H groups in total. The van der Waals surface area contributed by atoms with E-state index in [0.29, 0.717) is 0 Å². The van der Waals surface area contributed by atoms with E-state index in [2.05, 4.69) is 24.1 Å². The molecule has 1 aromatic heterocycles. The van der Waals surface area contributed by atoms with Gasteiger partial charge in [0, 0.05) is 24.5 Å². The highest BCUT2D eigenvalue weighted by Crippen LogP contribution is 2.15. The fourth-order valence-electron chi connectivity index (χ4n) is 1.50. The number of aromatic nitrogens is 1. The normalized spacial score (nSPS) is 15.1. The third-order valence-electron chi connectivity index (χ3n) is 2.35. The van der Waals surface area contributed by atoms with Crippen molar-refractivity contribution in [1.29, 1.82) is 0 Å². The summed E-state index contributed by atoms with van der Waals surface area (Å²) in [5.41, 5.74) is 2.41. The van der Waals surface area contributed by atoms with Gasteiger partial charge in [-0.15, -0.1) is 0 Å². The summed E-state index contributed by atoms with van der Waals surface area (Å²) in [5.74, 6) is 0. The molecule has 3 nitrogen and oxygen atoms in total. The summed E-state index contributed by atoms with van der Waals surface area (Å²) in [6.45, 7) is 6.26. The highest BCUT2D eigenvalue weighted by atomic mass is 16.3. The van der Waals surface area contributed by atoms with Gasteiger partial charge in [0.05, 0.1) is 6.61 Å². The Morgan fingerprint density at radius 1 is 1.50 bits per heavy atom. The minimum absolute atomic E-state index is 0.115. The molecule has 0 aliphatic heterocycles. The number of aryl methyl sites for hydroxylation is 1. The van der Waals surface area contributed by atoms with Crippen LogP contribution < -0.4 is 5.32 Å². The maximum Gasteiger partial charge on any atom is 0.0582 e. The third kappa shape index (κ3) is 2.79. The van der Waals surface area contributed by atoms with E-state index in [4.69, 9.17) is 5.11 Å². The van der Waals surface area contributed by atoms with Crippen LogP contribution in [0.1, 0.15) is 31.0 Å². The number of nitrogens with one attached hydrogen (secondary N) is 1. The number of rotatable bonds is 4. The van der Waals surface area contributed by atoms with Gasteiger partial charge in [0.1, 0.15) is 0 Å². The van der Waals surface area contributed by atoms with E-state index >= 15 is 0 Å². The molecular formula is C11H18N2O. The van der Waals surface area contributed by atoms with Crippen LogP contribution in [-0.2, 0) is 0 Å². The van der Waals surface area contributed by atoms with Crippen molar-refractivity contribution in [2.45, 2.75) is 32.9 Å². The van der Waals surface area contributed by atoms with E-state index in [-0.39, 0.29) is 18.7 Å². The van der Waals surface area contributed by atoms with Crippen molar-refractivity contribution in [1.82, 2.24) is 10.3 Å². The van der Waals surface area contributed by atoms with Crippen molar-refractivity contribution in [2.75, 3.05) is 6.61 Å². The molecule has 2 atom stereocenters. The molecule has 0 aliphatic carbocycles. The summed E-state index contributed by atoms with van der Waals surface area (Å²) >= 11 is 0. The first kappa shape index (κ1) is 11.1. The van der Waals surface area contributed by atoms with Crippen LogP contribution in [0.15, 0.2) is 18.5 Å². The molecule has 0 spiro atoms. The zero-order chi connectivity index (χ0) is 10.6. The number of hydrogen-bond donors (Lipinski definition) is 2. The molecular weight excluding hydrogens is 176 g/mol. The van der Waals surface area contributed by atoms with E-state index in [1.165, 1.54) is 11.1 Å². The van der Waals surface area contributed by atoms with Gasteiger partial charge in [-0.1, -0.05) is 0 Å². The number of pyridine rings is 1. The van der Waals surface area contributed by atoms with Gasteiger partial charge in [-0.2, -0.15) is 0 Å². The van der Waals surface area contributed by atoms with Crippen molar-refractivity contribution in [3.63, 3.8) is 0 Å². The lowest BCUT2D eigenvalue weighted by Gasteiger charge is -2.19. The summed E-state index contributed by atoms with van der Waals surface area (Å²) in [6, 6.07) is 2.34. The lowest BCUT2D eigenvalue weighted by atomic mass is 10.1. The van der Waals surface area contributed by atoms with Gasteiger partial charge in [-0.3, -0.25) is 4.98 Å². The van der Waals surface area contributed by atoms with E-state index in [1.807, 2.05) is 19.2 Å². The minimum Gasteiger partial charge on any atom is -0.395 e. The summed E-state index contributed by atoms with van der Waals surface area (Å²) < 4.78 is 0. The SMILES string of the molecule is Cc1ccncc1C(C)NC(C)CO. The number of aliphatic hydroxyl groups is 1. The Morgan fingerprint density at radius 2 is 2.21 bits per heavy atom.